The number of amides is 1. The molecule has 1 aromatic heterocycles. The molecule has 0 unspecified atom stereocenters. The Morgan fingerprint density at radius 2 is 1.94 bits per heavy atom. The Kier molecular flexibility index (Phi) is 5.57. The van der Waals surface area contributed by atoms with Crippen molar-refractivity contribution in [2.45, 2.75) is 49.9 Å². The zero-order chi connectivity index (χ0) is 24.2. The fourth-order valence-electron chi connectivity index (χ4n) is 4.31. The van der Waals surface area contributed by atoms with E-state index in [9.17, 15) is 26.4 Å². The fourth-order valence-corrected chi connectivity index (χ4v) is 5.63. The molecule has 2 fully saturated rings. The fraction of sp³-hybridized carbons (Fsp3) is 0.455. The number of carbonyl (C=O) groups is 1. The number of H-pyrrole nitrogens is 1. The van der Waals surface area contributed by atoms with Crippen molar-refractivity contribution in [2.75, 3.05) is 13.1 Å². The van der Waals surface area contributed by atoms with Gasteiger partial charge in [0.2, 0.25) is 0 Å². The first-order chi connectivity index (χ1) is 15.3. The number of aryl methyl sites for hydroxylation is 1. The van der Waals surface area contributed by atoms with Crippen molar-refractivity contribution in [3.8, 4) is 6.07 Å². The molecule has 2 heterocycles. The van der Waals surface area contributed by atoms with E-state index in [0.29, 0.717) is 24.1 Å². The van der Waals surface area contributed by atoms with Gasteiger partial charge >= 0.3 is 6.18 Å². The summed E-state index contributed by atoms with van der Waals surface area (Å²) in [5, 5.41) is 8.96. The molecule has 1 aliphatic carbocycles. The number of halogens is 3. The molecule has 33 heavy (non-hydrogen) atoms. The van der Waals surface area contributed by atoms with Crippen LogP contribution in [0.3, 0.4) is 0 Å². The van der Waals surface area contributed by atoms with Crippen LogP contribution in [0.2, 0.25) is 0 Å². The summed E-state index contributed by atoms with van der Waals surface area (Å²) in [7, 11) is -3.94. The monoisotopic (exact) mass is 480 g/mol. The number of carbonyl (C=O) groups excluding carboxylic acids is 1. The number of aromatic amines is 1. The summed E-state index contributed by atoms with van der Waals surface area (Å²) in [5.74, 6) is -0.505. The summed E-state index contributed by atoms with van der Waals surface area (Å²) in [6, 6.07) is 8.11. The van der Waals surface area contributed by atoms with Crippen molar-refractivity contribution in [1.29, 1.82) is 5.26 Å². The van der Waals surface area contributed by atoms with Crippen LogP contribution in [0.1, 0.15) is 52.9 Å². The molecule has 176 valence electrons. The number of sulfonamides is 1. The number of alkyl halides is 3. The van der Waals surface area contributed by atoms with E-state index in [1.54, 1.807) is 19.9 Å². The van der Waals surface area contributed by atoms with E-state index in [0.717, 1.165) is 12.1 Å². The quantitative estimate of drug-likeness (QED) is 0.683. The average Bonchev–Trinajstić information content (AvgIpc) is 3.09. The molecular formula is C22H23F3N4O3S. The standard InChI is InChI=1S/C22H23F3N4O3S/c1-13-18(20(30)29-11-21(2,10-26)12-29)9-19(27-13)33(31,32)28-17-7-15(8-17)14-4-3-5-16(6-14)22(23,24)25/h3-6,9,15,17,27-28H,7-8,11-12H2,1-2H3. The van der Waals surface area contributed by atoms with E-state index in [-0.39, 0.29) is 35.5 Å². The lowest BCUT2D eigenvalue weighted by atomic mass is 9.76. The molecule has 1 saturated carbocycles. The Balaban J connectivity index is 1.39. The average molecular weight is 481 g/mol. The predicted molar refractivity (Wildman–Crippen MR) is 113 cm³/mol. The third-order valence-electron chi connectivity index (χ3n) is 6.29. The lowest BCUT2D eigenvalue weighted by Gasteiger charge is -2.43. The summed E-state index contributed by atoms with van der Waals surface area (Å²) >= 11 is 0. The first kappa shape index (κ1) is 23.3. The second-order valence-corrected chi connectivity index (χ2v) is 10.8. The van der Waals surface area contributed by atoms with Gasteiger partial charge < -0.3 is 9.88 Å². The van der Waals surface area contributed by atoms with Crippen LogP contribution >= 0.6 is 0 Å². The highest BCUT2D eigenvalue weighted by atomic mass is 32.2. The number of nitrogens with one attached hydrogen (secondary N) is 2. The molecule has 1 aliphatic heterocycles. The summed E-state index contributed by atoms with van der Waals surface area (Å²) in [5.41, 5.74) is -0.146. The number of aromatic nitrogens is 1. The number of nitriles is 1. The van der Waals surface area contributed by atoms with Crippen LogP contribution in [0.4, 0.5) is 13.2 Å². The zero-order valence-corrected chi connectivity index (χ0v) is 18.8. The minimum Gasteiger partial charge on any atom is -0.348 e. The van der Waals surface area contributed by atoms with Crippen molar-refractivity contribution in [3.63, 3.8) is 0 Å². The molecule has 2 aliphatic rings. The third kappa shape index (κ3) is 4.50. The predicted octanol–water partition coefficient (Wildman–Crippen LogP) is 3.55. The molecule has 2 aromatic rings. The van der Waals surface area contributed by atoms with Gasteiger partial charge in [0, 0.05) is 24.8 Å². The van der Waals surface area contributed by atoms with Crippen LogP contribution in [-0.4, -0.2) is 43.3 Å². The molecule has 11 heteroatoms. The van der Waals surface area contributed by atoms with Gasteiger partial charge in [-0.1, -0.05) is 18.2 Å². The second-order valence-electron chi connectivity index (χ2n) is 9.12. The first-order valence-corrected chi connectivity index (χ1v) is 11.9. The molecular weight excluding hydrogens is 457 g/mol. The molecule has 1 saturated heterocycles. The number of benzene rings is 1. The molecule has 0 radical (unpaired) electrons. The minimum atomic E-state index is -4.43. The molecule has 0 bridgehead atoms. The third-order valence-corrected chi connectivity index (χ3v) is 7.73. The maximum absolute atomic E-state index is 12.9. The van der Waals surface area contributed by atoms with Gasteiger partial charge in [0.15, 0.2) is 0 Å². The van der Waals surface area contributed by atoms with Crippen LogP contribution < -0.4 is 4.72 Å². The van der Waals surface area contributed by atoms with E-state index in [2.05, 4.69) is 15.8 Å². The molecule has 0 atom stereocenters. The molecule has 2 N–H and O–H groups in total. The lowest BCUT2D eigenvalue weighted by molar-refractivity contribution is -0.137. The highest BCUT2D eigenvalue weighted by Crippen LogP contribution is 2.40. The summed E-state index contributed by atoms with van der Waals surface area (Å²) < 4.78 is 66.9. The van der Waals surface area contributed by atoms with Gasteiger partial charge in [-0.15, -0.1) is 0 Å². The van der Waals surface area contributed by atoms with Crippen LogP contribution in [0.15, 0.2) is 35.4 Å². The van der Waals surface area contributed by atoms with Gasteiger partial charge in [-0.05, 0) is 50.3 Å². The smallest absolute Gasteiger partial charge is 0.348 e. The Hall–Kier alpha value is -2.84. The van der Waals surface area contributed by atoms with Crippen LogP contribution in [0.5, 0.6) is 0 Å². The van der Waals surface area contributed by atoms with Gasteiger partial charge in [-0.2, -0.15) is 18.4 Å². The van der Waals surface area contributed by atoms with Gasteiger partial charge in [0.1, 0.15) is 5.03 Å². The second kappa shape index (κ2) is 7.88. The summed E-state index contributed by atoms with van der Waals surface area (Å²) in [4.78, 5) is 16.9. The first-order valence-electron chi connectivity index (χ1n) is 10.4. The van der Waals surface area contributed by atoms with Gasteiger partial charge in [0.05, 0.1) is 22.6 Å². The van der Waals surface area contributed by atoms with Gasteiger partial charge in [-0.3, -0.25) is 4.79 Å². The highest BCUT2D eigenvalue weighted by molar-refractivity contribution is 7.89. The Bertz CT molecular complexity index is 1230. The Labute approximate surface area is 189 Å². The molecule has 7 nitrogen and oxygen atoms in total. The minimum absolute atomic E-state index is 0.144. The van der Waals surface area contributed by atoms with E-state index >= 15 is 0 Å². The maximum atomic E-state index is 12.9. The van der Waals surface area contributed by atoms with Crippen LogP contribution in [0, 0.1) is 23.7 Å². The van der Waals surface area contributed by atoms with Crippen LogP contribution in [0.25, 0.3) is 0 Å². The summed E-state index contributed by atoms with van der Waals surface area (Å²) in [6.07, 6.45) is -3.66. The number of hydrogen-bond donors (Lipinski definition) is 2. The number of likely N-dealkylation sites (tertiary alicyclic amines) is 1. The van der Waals surface area contributed by atoms with E-state index in [1.165, 1.54) is 17.0 Å². The topological polar surface area (TPSA) is 106 Å². The molecule has 1 amide bonds. The lowest BCUT2D eigenvalue weighted by Crippen LogP contribution is -2.56. The van der Waals surface area contributed by atoms with E-state index in [1.807, 2.05) is 0 Å². The number of rotatable bonds is 5. The van der Waals surface area contributed by atoms with Crippen molar-refractivity contribution in [3.05, 3.63) is 52.7 Å². The largest absolute Gasteiger partial charge is 0.416 e. The Morgan fingerprint density at radius 1 is 1.27 bits per heavy atom. The van der Waals surface area contributed by atoms with Gasteiger partial charge in [0.25, 0.3) is 15.9 Å². The number of nitrogens with zero attached hydrogens (tertiary/aromatic N) is 2. The molecule has 1 aromatic carbocycles. The van der Waals surface area contributed by atoms with Gasteiger partial charge in [-0.25, -0.2) is 13.1 Å². The SMILES string of the molecule is Cc1[nH]c(S(=O)(=O)NC2CC(c3cccc(C(F)(F)F)c3)C2)cc1C(=O)N1CC(C)(C#N)C1. The normalized spacial score (nSPS) is 22.2. The molecule has 4 rings (SSSR count). The zero-order valence-electron chi connectivity index (χ0n) is 18.0. The van der Waals surface area contributed by atoms with Crippen molar-refractivity contribution in [2.24, 2.45) is 5.41 Å². The highest BCUT2D eigenvalue weighted by Gasteiger charge is 2.43. The van der Waals surface area contributed by atoms with E-state index < -0.39 is 33.2 Å². The molecule has 0 spiro atoms. The van der Waals surface area contributed by atoms with E-state index in [4.69, 9.17) is 5.26 Å². The Morgan fingerprint density at radius 3 is 2.55 bits per heavy atom. The van der Waals surface area contributed by atoms with Crippen molar-refractivity contribution in [1.82, 2.24) is 14.6 Å². The van der Waals surface area contributed by atoms with Crippen molar-refractivity contribution >= 4 is 15.9 Å². The number of hydrogen-bond acceptors (Lipinski definition) is 4. The maximum Gasteiger partial charge on any atom is 0.416 e. The summed E-state index contributed by atoms with van der Waals surface area (Å²) in [6.45, 7) is 3.92. The van der Waals surface area contributed by atoms with Crippen LogP contribution in [-0.2, 0) is 16.2 Å². The van der Waals surface area contributed by atoms with Crippen molar-refractivity contribution < 1.29 is 26.4 Å².